The molecule has 2 heterocycles. The second kappa shape index (κ2) is 9.42. The second-order valence-corrected chi connectivity index (χ2v) is 7.95. The summed E-state index contributed by atoms with van der Waals surface area (Å²) in [7, 11) is 0. The minimum absolute atomic E-state index is 0.0835. The Hall–Kier alpha value is -4.08. The number of nitrogens with zero attached hydrogens (tertiary/aromatic N) is 2. The van der Waals surface area contributed by atoms with Crippen LogP contribution >= 0.6 is 0 Å². The lowest BCUT2D eigenvalue weighted by Crippen LogP contribution is -2.38. The van der Waals surface area contributed by atoms with Crippen LogP contribution in [0.1, 0.15) is 42.6 Å². The predicted octanol–water partition coefficient (Wildman–Crippen LogP) is 2.77. The van der Waals surface area contributed by atoms with Crippen molar-refractivity contribution < 1.29 is 28.2 Å². The van der Waals surface area contributed by atoms with Crippen molar-refractivity contribution in [2.75, 3.05) is 6.61 Å². The van der Waals surface area contributed by atoms with Gasteiger partial charge in [-0.15, -0.1) is 0 Å². The van der Waals surface area contributed by atoms with E-state index in [-0.39, 0.29) is 35.5 Å². The van der Waals surface area contributed by atoms with Gasteiger partial charge in [-0.1, -0.05) is 18.2 Å². The van der Waals surface area contributed by atoms with Crippen molar-refractivity contribution in [2.45, 2.75) is 26.7 Å². The van der Waals surface area contributed by atoms with Crippen LogP contribution in [0.15, 0.2) is 52.7 Å². The first-order valence-electron chi connectivity index (χ1n) is 10.7. The first kappa shape index (κ1) is 23.1. The van der Waals surface area contributed by atoms with Crippen molar-refractivity contribution in [1.29, 1.82) is 0 Å². The summed E-state index contributed by atoms with van der Waals surface area (Å²) < 4.78 is 25.1. The highest BCUT2D eigenvalue weighted by atomic mass is 19.1. The smallest absolute Gasteiger partial charge is 0.346 e. The van der Waals surface area contributed by atoms with Crippen LogP contribution < -0.4 is 20.3 Å². The van der Waals surface area contributed by atoms with Crippen LogP contribution in [-0.4, -0.2) is 35.8 Å². The Labute approximate surface area is 195 Å². The standard InChI is InChI=1S/C24H23FN4O5/c1-4-33-18-11-14(9-10-17(18)34-24(32)15-7-5-6-8-16(15)25)21(19-12(2)26-28-22(19)30)20-13(3)27-29-23(20)31/h5-11,19-21H,4H2,1-3H3,(H,28,30)(H,29,31). The molecule has 0 aromatic heterocycles. The first-order valence-corrected chi connectivity index (χ1v) is 10.7. The largest absolute Gasteiger partial charge is 0.490 e. The van der Waals surface area contributed by atoms with E-state index in [1.165, 1.54) is 30.3 Å². The zero-order valence-electron chi connectivity index (χ0n) is 18.8. The molecule has 0 fully saturated rings. The Bertz CT molecular complexity index is 1190. The number of amides is 2. The molecule has 10 heteroatoms. The second-order valence-electron chi connectivity index (χ2n) is 7.95. The fourth-order valence-electron chi connectivity index (χ4n) is 4.23. The third kappa shape index (κ3) is 4.26. The van der Waals surface area contributed by atoms with Crippen LogP contribution in [0.4, 0.5) is 4.39 Å². The summed E-state index contributed by atoms with van der Waals surface area (Å²) in [4.78, 5) is 37.8. The van der Waals surface area contributed by atoms with Crippen molar-refractivity contribution in [1.82, 2.24) is 10.9 Å². The lowest BCUT2D eigenvalue weighted by molar-refractivity contribution is -0.125. The number of benzene rings is 2. The number of hydrogen-bond acceptors (Lipinski definition) is 7. The van der Waals surface area contributed by atoms with Crippen LogP contribution in [0, 0.1) is 17.7 Å². The van der Waals surface area contributed by atoms with Gasteiger partial charge in [0.05, 0.1) is 24.0 Å². The van der Waals surface area contributed by atoms with Crippen LogP contribution in [-0.2, 0) is 9.59 Å². The SMILES string of the molecule is CCOc1cc(C(C2C(=O)NN=C2C)C2C(=O)NN=C2C)ccc1OC(=O)c1ccccc1F. The Morgan fingerprint density at radius 3 is 2.15 bits per heavy atom. The van der Waals surface area contributed by atoms with Gasteiger partial charge < -0.3 is 9.47 Å². The van der Waals surface area contributed by atoms with E-state index < -0.39 is 29.5 Å². The van der Waals surface area contributed by atoms with E-state index in [0.29, 0.717) is 17.0 Å². The van der Waals surface area contributed by atoms with Gasteiger partial charge in [0.2, 0.25) is 11.8 Å². The van der Waals surface area contributed by atoms with Crippen molar-refractivity contribution in [2.24, 2.45) is 22.0 Å². The molecule has 2 amide bonds. The predicted molar refractivity (Wildman–Crippen MR) is 121 cm³/mol. The molecule has 2 atom stereocenters. The Morgan fingerprint density at radius 1 is 1.00 bits per heavy atom. The molecule has 2 aliphatic rings. The van der Waals surface area contributed by atoms with Gasteiger partial charge >= 0.3 is 5.97 Å². The number of carbonyl (C=O) groups excluding carboxylic acids is 3. The highest BCUT2D eigenvalue weighted by molar-refractivity contribution is 6.12. The van der Waals surface area contributed by atoms with Gasteiger partial charge in [-0.25, -0.2) is 20.0 Å². The van der Waals surface area contributed by atoms with Crippen LogP contribution in [0.25, 0.3) is 0 Å². The minimum Gasteiger partial charge on any atom is -0.490 e. The van der Waals surface area contributed by atoms with Crippen LogP contribution in [0.2, 0.25) is 0 Å². The van der Waals surface area contributed by atoms with Gasteiger partial charge in [0.25, 0.3) is 0 Å². The molecule has 2 aromatic rings. The Balaban J connectivity index is 1.74. The molecule has 0 bridgehead atoms. The van der Waals surface area contributed by atoms with Gasteiger partial charge in [0.1, 0.15) is 5.82 Å². The molecule has 176 valence electrons. The van der Waals surface area contributed by atoms with Gasteiger partial charge in [-0.3, -0.25) is 9.59 Å². The normalized spacial score (nSPS) is 20.2. The molecule has 4 rings (SSSR count). The highest BCUT2D eigenvalue weighted by Gasteiger charge is 2.46. The number of esters is 1. The number of rotatable bonds is 7. The van der Waals surface area contributed by atoms with Gasteiger partial charge in [-0.05, 0) is 50.6 Å². The van der Waals surface area contributed by atoms with E-state index in [2.05, 4.69) is 21.1 Å². The molecular formula is C24H23FN4O5. The van der Waals surface area contributed by atoms with Crippen molar-refractivity contribution in [3.63, 3.8) is 0 Å². The first-order chi connectivity index (χ1) is 16.3. The zero-order chi connectivity index (χ0) is 24.4. The summed E-state index contributed by atoms with van der Waals surface area (Å²) in [6.45, 7) is 5.44. The molecule has 9 nitrogen and oxygen atoms in total. The monoisotopic (exact) mass is 466 g/mol. The molecule has 0 saturated heterocycles. The van der Waals surface area contributed by atoms with Gasteiger partial charge in [0, 0.05) is 17.3 Å². The molecular weight excluding hydrogens is 443 g/mol. The zero-order valence-corrected chi connectivity index (χ0v) is 18.8. The minimum atomic E-state index is -0.875. The molecule has 2 N–H and O–H groups in total. The maximum absolute atomic E-state index is 14.0. The third-order valence-electron chi connectivity index (χ3n) is 5.82. The van der Waals surface area contributed by atoms with E-state index in [4.69, 9.17) is 9.47 Å². The third-order valence-corrected chi connectivity index (χ3v) is 5.82. The van der Waals surface area contributed by atoms with E-state index in [1.54, 1.807) is 32.9 Å². The lowest BCUT2D eigenvalue weighted by Gasteiger charge is -2.27. The molecule has 0 spiro atoms. The van der Waals surface area contributed by atoms with Gasteiger partial charge in [-0.2, -0.15) is 10.2 Å². The summed E-state index contributed by atoms with van der Waals surface area (Å²) in [5.74, 6) is -3.98. The van der Waals surface area contributed by atoms with E-state index in [1.807, 2.05) is 0 Å². The summed E-state index contributed by atoms with van der Waals surface area (Å²) >= 11 is 0. The fourth-order valence-corrected chi connectivity index (χ4v) is 4.23. The maximum atomic E-state index is 14.0. The van der Waals surface area contributed by atoms with Crippen molar-refractivity contribution in [3.05, 3.63) is 59.4 Å². The number of nitrogens with one attached hydrogen (secondary N) is 2. The average Bonchev–Trinajstić information content (AvgIpc) is 3.32. The molecule has 2 aliphatic heterocycles. The molecule has 2 unspecified atom stereocenters. The molecule has 0 aliphatic carbocycles. The number of hydrogen-bond donors (Lipinski definition) is 2. The van der Waals surface area contributed by atoms with Gasteiger partial charge in [0.15, 0.2) is 11.5 Å². The quantitative estimate of drug-likeness (QED) is 0.481. The Kier molecular flexibility index (Phi) is 6.40. The topological polar surface area (TPSA) is 118 Å². The lowest BCUT2D eigenvalue weighted by atomic mass is 9.73. The van der Waals surface area contributed by atoms with Crippen LogP contribution in [0.3, 0.4) is 0 Å². The maximum Gasteiger partial charge on any atom is 0.346 e. The van der Waals surface area contributed by atoms with Crippen LogP contribution in [0.5, 0.6) is 11.5 Å². The van der Waals surface area contributed by atoms with Crippen molar-refractivity contribution >= 4 is 29.2 Å². The summed E-state index contributed by atoms with van der Waals surface area (Å²) in [6.07, 6.45) is 0. The van der Waals surface area contributed by atoms with E-state index in [0.717, 1.165) is 0 Å². The summed E-state index contributed by atoms with van der Waals surface area (Å²) in [5.41, 5.74) is 6.39. The summed E-state index contributed by atoms with van der Waals surface area (Å²) in [6, 6.07) is 10.3. The number of hydrazone groups is 2. The Morgan fingerprint density at radius 2 is 1.62 bits per heavy atom. The number of carbonyl (C=O) groups is 3. The molecule has 0 radical (unpaired) electrons. The highest BCUT2D eigenvalue weighted by Crippen LogP contribution is 2.41. The molecule has 34 heavy (non-hydrogen) atoms. The fraction of sp³-hybridized carbons (Fsp3) is 0.292. The summed E-state index contributed by atoms with van der Waals surface area (Å²) in [5, 5.41) is 8.07. The number of ether oxygens (including phenoxy) is 2. The number of halogens is 1. The average molecular weight is 466 g/mol. The van der Waals surface area contributed by atoms with Crippen molar-refractivity contribution in [3.8, 4) is 11.5 Å². The molecule has 2 aromatic carbocycles. The van der Waals surface area contributed by atoms with E-state index >= 15 is 0 Å². The van der Waals surface area contributed by atoms with E-state index in [9.17, 15) is 18.8 Å². The molecule has 0 saturated carbocycles.